The molecule has 1 fully saturated rings. The van der Waals surface area contributed by atoms with Gasteiger partial charge < -0.3 is 10.2 Å². The Balaban J connectivity index is 1.35. The zero-order chi connectivity index (χ0) is 19.2. The molecule has 1 aliphatic rings. The predicted molar refractivity (Wildman–Crippen MR) is 110 cm³/mol. The van der Waals surface area contributed by atoms with Crippen molar-refractivity contribution >= 4 is 17.3 Å². The molecule has 0 radical (unpaired) electrons. The summed E-state index contributed by atoms with van der Waals surface area (Å²) in [6, 6.07) is 12.1. The molecule has 0 saturated carbocycles. The van der Waals surface area contributed by atoms with E-state index in [0.717, 1.165) is 50.5 Å². The number of rotatable bonds is 6. The SMILES string of the molecule is O=C(Nc1ccccc1N1CCN(CCc2ccncc2)CC1)c1cn[nH]c1. The first-order valence-electron chi connectivity index (χ1n) is 9.55. The molecular formula is C21H24N6O. The molecule has 4 rings (SSSR count). The highest BCUT2D eigenvalue weighted by Crippen LogP contribution is 2.27. The first-order valence-corrected chi connectivity index (χ1v) is 9.55. The molecular weight excluding hydrogens is 352 g/mol. The van der Waals surface area contributed by atoms with Crippen LogP contribution >= 0.6 is 0 Å². The standard InChI is InChI=1S/C21H24N6O/c28-21(18-15-23-24-16-18)25-19-3-1-2-4-20(19)27-13-11-26(12-14-27)10-7-17-5-8-22-9-6-17/h1-6,8-9,15-16H,7,10-14H2,(H,23,24)(H,25,28). The molecule has 1 aromatic carbocycles. The van der Waals surface area contributed by atoms with Crippen LogP contribution in [-0.4, -0.2) is 58.7 Å². The number of nitrogens with one attached hydrogen (secondary N) is 2. The molecule has 2 N–H and O–H groups in total. The van der Waals surface area contributed by atoms with E-state index in [4.69, 9.17) is 0 Å². The second-order valence-corrected chi connectivity index (χ2v) is 6.89. The van der Waals surface area contributed by atoms with Crippen LogP contribution in [0.1, 0.15) is 15.9 Å². The number of piperazine rings is 1. The Hall–Kier alpha value is -3.19. The van der Waals surface area contributed by atoms with E-state index in [-0.39, 0.29) is 5.91 Å². The van der Waals surface area contributed by atoms with Crippen molar-refractivity contribution in [3.63, 3.8) is 0 Å². The van der Waals surface area contributed by atoms with Crippen LogP contribution in [-0.2, 0) is 6.42 Å². The molecule has 1 aliphatic heterocycles. The number of carbonyl (C=O) groups is 1. The summed E-state index contributed by atoms with van der Waals surface area (Å²) in [5.41, 5.74) is 3.74. The lowest BCUT2D eigenvalue weighted by atomic mass is 10.1. The molecule has 3 heterocycles. The summed E-state index contributed by atoms with van der Waals surface area (Å²) < 4.78 is 0. The van der Waals surface area contributed by atoms with Crippen molar-refractivity contribution in [1.82, 2.24) is 20.1 Å². The van der Waals surface area contributed by atoms with Crippen LogP contribution in [0.4, 0.5) is 11.4 Å². The number of amides is 1. The average molecular weight is 376 g/mol. The van der Waals surface area contributed by atoms with Crippen molar-refractivity contribution in [2.45, 2.75) is 6.42 Å². The van der Waals surface area contributed by atoms with E-state index in [2.05, 4.69) is 48.5 Å². The Kier molecular flexibility index (Phi) is 5.63. The minimum absolute atomic E-state index is 0.155. The summed E-state index contributed by atoms with van der Waals surface area (Å²) in [7, 11) is 0. The van der Waals surface area contributed by atoms with Gasteiger partial charge in [0.25, 0.3) is 5.91 Å². The predicted octanol–water partition coefficient (Wildman–Crippen LogP) is 2.42. The normalized spacial score (nSPS) is 14.8. The minimum Gasteiger partial charge on any atom is -0.367 e. The summed E-state index contributed by atoms with van der Waals surface area (Å²) >= 11 is 0. The molecule has 28 heavy (non-hydrogen) atoms. The fraction of sp³-hybridized carbons (Fsp3) is 0.286. The van der Waals surface area contributed by atoms with Crippen molar-refractivity contribution < 1.29 is 4.79 Å². The van der Waals surface area contributed by atoms with Gasteiger partial charge in [0, 0.05) is 51.3 Å². The zero-order valence-corrected chi connectivity index (χ0v) is 15.7. The number of H-pyrrole nitrogens is 1. The molecule has 3 aromatic rings. The Morgan fingerprint density at radius 2 is 1.86 bits per heavy atom. The number of anilines is 2. The smallest absolute Gasteiger partial charge is 0.258 e. The quantitative estimate of drug-likeness (QED) is 0.691. The van der Waals surface area contributed by atoms with Gasteiger partial charge in [0.05, 0.1) is 23.1 Å². The average Bonchev–Trinajstić information content (AvgIpc) is 3.29. The molecule has 0 atom stereocenters. The Labute approximate surface area is 164 Å². The van der Waals surface area contributed by atoms with Crippen LogP contribution in [0.2, 0.25) is 0 Å². The highest BCUT2D eigenvalue weighted by molar-refractivity contribution is 6.05. The third-order valence-electron chi connectivity index (χ3n) is 5.09. The van der Waals surface area contributed by atoms with E-state index in [1.54, 1.807) is 6.20 Å². The lowest BCUT2D eigenvalue weighted by molar-refractivity contribution is 0.102. The molecule has 7 heteroatoms. The van der Waals surface area contributed by atoms with E-state index in [1.165, 1.54) is 11.8 Å². The van der Waals surface area contributed by atoms with Crippen LogP contribution in [0.15, 0.2) is 61.2 Å². The van der Waals surface area contributed by atoms with Crippen LogP contribution in [0.3, 0.4) is 0 Å². The van der Waals surface area contributed by atoms with Crippen molar-refractivity contribution in [2.75, 3.05) is 42.9 Å². The van der Waals surface area contributed by atoms with Gasteiger partial charge >= 0.3 is 0 Å². The second kappa shape index (κ2) is 8.67. The maximum atomic E-state index is 12.4. The van der Waals surface area contributed by atoms with Gasteiger partial charge in [0.2, 0.25) is 0 Å². The van der Waals surface area contributed by atoms with Crippen LogP contribution in [0.25, 0.3) is 0 Å². The monoisotopic (exact) mass is 376 g/mol. The molecule has 1 amide bonds. The van der Waals surface area contributed by atoms with Crippen LogP contribution in [0, 0.1) is 0 Å². The van der Waals surface area contributed by atoms with Gasteiger partial charge in [0.15, 0.2) is 0 Å². The van der Waals surface area contributed by atoms with E-state index in [0.29, 0.717) is 5.56 Å². The fourth-order valence-electron chi connectivity index (χ4n) is 3.47. The lowest BCUT2D eigenvalue weighted by Gasteiger charge is -2.37. The minimum atomic E-state index is -0.155. The van der Waals surface area contributed by atoms with E-state index < -0.39 is 0 Å². The van der Waals surface area contributed by atoms with Crippen molar-refractivity contribution in [3.8, 4) is 0 Å². The molecule has 0 aliphatic carbocycles. The second-order valence-electron chi connectivity index (χ2n) is 6.89. The Morgan fingerprint density at radius 3 is 2.61 bits per heavy atom. The summed E-state index contributed by atoms with van der Waals surface area (Å²) in [5.74, 6) is -0.155. The number of benzene rings is 1. The van der Waals surface area contributed by atoms with Crippen molar-refractivity contribution in [3.05, 3.63) is 72.3 Å². The number of hydrogen-bond acceptors (Lipinski definition) is 5. The number of para-hydroxylation sites is 2. The number of aromatic amines is 1. The topological polar surface area (TPSA) is 77.2 Å². The Bertz CT molecular complexity index is 888. The number of carbonyl (C=O) groups excluding carboxylic acids is 1. The van der Waals surface area contributed by atoms with Gasteiger partial charge in [-0.1, -0.05) is 12.1 Å². The Morgan fingerprint density at radius 1 is 1.07 bits per heavy atom. The third kappa shape index (κ3) is 4.37. The summed E-state index contributed by atoms with van der Waals surface area (Å²) in [6.45, 7) is 4.95. The van der Waals surface area contributed by atoms with Gasteiger partial charge in [-0.15, -0.1) is 0 Å². The van der Waals surface area contributed by atoms with E-state index in [9.17, 15) is 4.79 Å². The number of pyridine rings is 1. The van der Waals surface area contributed by atoms with E-state index >= 15 is 0 Å². The first-order chi connectivity index (χ1) is 13.8. The maximum absolute atomic E-state index is 12.4. The highest BCUT2D eigenvalue weighted by Gasteiger charge is 2.20. The first kappa shape index (κ1) is 18.2. The summed E-state index contributed by atoms with van der Waals surface area (Å²) in [4.78, 5) is 21.3. The zero-order valence-electron chi connectivity index (χ0n) is 15.7. The van der Waals surface area contributed by atoms with Crippen molar-refractivity contribution in [1.29, 1.82) is 0 Å². The maximum Gasteiger partial charge on any atom is 0.258 e. The van der Waals surface area contributed by atoms with Gasteiger partial charge in [0.1, 0.15) is 0 Å². The lowest BCUT2D eigenvalue weighted by Crippen LogP contribution is -2.47. The summed E-state index contributed by atoms with van der Waals surface area (Å²) in [6.07, 6.45) is 7.86. The van der Waals surface area contributed by atoms with Gasteiger partial charge in [-0.2, -0.15) is 5.10 Å². The molecule has 0 unspecified atom stereocenters. The molecule has 2 aromatic heterocycles. The van der Waals surface area contributed by atoms with Gasteiger partial charge in [-0.3, -0.25) is 19.8 Å². The highest BCUT2D eigenvalue weighted by atomic mass is 16.1. The van der Waals surface area contributed by atoms with Crippen molar-refractivity contribution in [2.24, 2.45) is 0 Å². The molecule has 144 valence electrons. The number of hydrogen-bond donors (Lipinski definition) is 2. The van der Waals surface area contributed by atoms with Gasteiger partial charge in [-0.05, 0) is 36.2 Å². The molecule has 0 bridgehead atoms. The third-order valence-corrected chi connectivity index (χ3v) is 5.09. The summed E-state index contributed by atoms with van der Waals surface area (Å²) in [5, 5.41) is 9.52. The number of aromatic nitrogens is 3. The fourth-order valence-corrected chi connectivity index (χ4v) is 3.47. The van der Waals surface area contributed by atoms with Crippen LogP contribution in [0.5, 0.6) is 0 Å². The van der Waals surface area contributed by atoms with Gasteiger partial charge in [-0.25, -0.2) is 0 Å². The largest absolute Gasteiger partial charge is 0.367 e. The molecule has 0 spiro atoms. The number of nitrogens with zero attached hydrogens (tertiary/aromatic N) is 4. The van der Waals surface area contributed by atoms with Crippen LogP contribution < -0.4 is 10.2 Å². The van der Waals surface area contributed by atoms with E-state index in [1.807, 2.05) is 30.6 Å². The molecule has 7 nitrogen and oxygen atoms in total. The molecule has 1 saturated heterocycles.